The minimum atomic E-state index is 0.0243. The summed E-state index contributed by atoms with van der Waals surface area (Å²) in [5, 5.41) is 0.904. The first-order chi connectivity index (χ1) is 11.6. The van der Waals surface area contributed by atoms with Gasteiger partial charge in [-0.3, -0.25) is 9.78 Å². The summed E-state index contributed by atoms with van der Waals surface area (Å²) in [4.78, 5) is 19.2. The number of para-hydroxylation sites is 1. The van der Waals surface area contributed by atoms with E-state index in [1.807, 2.05) is 44.3 Å². The van der Waals surface area contributed by atoms with Gasteiger partial charge in [0.15, 0.2) is 0 Å². The standard InChI is InChI=1S/C21H22N2O/c1-4-16-9-11-17(12-10-16)14-23(3)21(24)19-13-15(2)22-20-8-6-5-7-18(19)20/h5-13H,4,14H2,1-3H3. The number of nitrogens with zero attached hydrogens (tertiary/aromatic N) is 2. The summed E-state index contributed by atoms with van der Waals surface area (Å²) in [7, 11) is 1.85. The fourth-order valence-corrected chi connectivity index (χ4v) is 2.92. The SMILES string of the molecule is CCc1ccc(CN(C)C(=O)c2cc(C)nc3ccccc23)cc1. The van der Waals surface area contributed by atoms with Gasteiger partial charge in [0.25, 0.3) is 5.91 Å². The van der Waals surface area contributed by atoms with E-state index in [9.17, 15) is 4.79 Å². The van der Waals surface area contributed by atoms with E-state index in [0.717, 1.165) is 28.6 Å². The summed E-state index contributed by atoms with van der Waals surface area (Å²) >= 11 is 0. The molecule has 0 bridgehead atoms. The van der Waals surface area contributed by atoms with E-state index in [2.05, 4.69) is 36.2 Å². The van der Waals surface area contributed by atoms with Gasteiger partial charge in [0, 0.05) is 24.7 Å². The number of pyridine rings is 1. The third kappa shape index (κ3) is 3.30. The molecule has 3 aromatic rings. The van der Waals surface area contributed by atoms with Crippen LogP contribution in [0.15, 0.2) is 54.6 Å². The third-order valence-corrected chi connectivity index (χ3v) is 4.27. The molecule has 0 radical (unpaired) electrons. The lowest BCUT2D eigenvalue weighted by molar-refractivity contribution is 0.0787. The lowest BCUT2D eigenvalue weighted by Gasteiger charge is -2.19. The van der Waals surface area contributed by atoms with Gasteiger partial charge >= 0.3 is 0 Å². The Kier molecular flexibility index (Phi) is 4.61. The molecule has 0 aliphatic carbocycles. The van der Waals surface area contributed by atoms with E-state index < -0.39 is 0 Å². The second kappa shape index (κ2) is 6.83. The first-order valence-electron chi connectivity index (χ1n) is 8.28. The molecule has 122 valence electrons. The van der Waals surface area contributed by atoms with Crippen molar-refractivity contribution in [2.45, 2.75) is 26.8 Å². The first kappa shape index (κ1) is 16.2. The molecule has 3 rings (SSSR count). The highest BCUT2D eigenvalue weighted by atomic mass is 16.2. The summed E-state index contributed by atoms with van der Waals surface area (Å²) < 4.78 is 0. The van der Waals surface area contributed by atoms with E-state index in [4.69, 9.17) is 0 Å². The topological polar surface area (TPSA) is 33.2 Å². The Morgan fingerprint density at radius 1 is 1.04 bits per heavy atom. The summed E-state index contributed by atoms with van der Waals surface area (Å²) in [5.74, 6) is 0.0243. The molecule has 0 atom stereocenters. The van der Waals surface area contributed by atoms with Gasteiger partial charge in [0.2, 0.25) is 0 Å². The molecular weight excluding hydrogens is 296 g/mol. The third-order valence-electron chi connectivity index (χ3n) is 4.27. The summed E-state index contributed by atoms with van der Waals surface area (Å²) in [6, 6.07) is 18.1. The predicted octanol–water partition coefficient (Wildman–Crippen LogP) is 4.38. The maximum Gasteiger partial charge on any atom is 0.254 e. The molecular formula is C21H22N2O. The Morgan fingerprint density at radius 3 is 2.42 bits per heavy atom. The van der Waals surface area contributed by atoms with Crippen LogP contribution in [-0.2, 0) is 13.0 Å². The number of carbonyl (C=O) groups excluding carboxylic acids is 1. The maximum atomic E-state index is 12.9. The van der Waals surface area contributed by atoms with Crippen molar-refractivity contribution in [3.8, 4) is 0 Å². The number of aromatic nitrogens is 1. The zero-order valence-corrected chi connectivity index (χ0v) is 14.4. The van der Waals surface area contributed by atoms with Gasteiger partial charge in [0.05, 0.1) is 11.1 Å². The summed E-state index contributed by atoms with van der Waals surface area (Å²) in [6.45, 7) is 4.66. The Bertz CT molecular complexity index is 869. The molecule has 2 aromatic carbocycles. The molecule has 0 unspecified atom stereocenters. The smallest absolute Gasteiger partial charge is 0.254 e. The van der Waals surface area contributed by atoms with Crippen molar-refractivity contribution >= 4 is 16.8 Å². The molecule has 0 spiro atoms. The zero-order chi connectivity index (χ0) is 17.1. The average molecular weight is 318 g/mol. The van der Waals surface area contributed by atoms with Crippen LogP contribution in [0.25, 0.3) is 10.9 Å². The quantitative estimate of drug-likeness (QED) is 0.715. The Balaban J connectivity index is 1.87. The summed E-state index contributed by atoms with van der Waals surface area (Å²) in [5.41, 5.74) is 4.88. The Morgan fingerprint density at radius 2 is 1.71 bits per heavy atom. The second-order valence-corrected chi connectivity index (χ2v) is 6.16. The van der Waals surface area contributed by atoms with Gasteiger partial charge in [-0.1, -0.05) is 49.4 Å². The summed E-state index contributed by atoms with van der Waals surface area (Å²) in [6.07, 6.45) is 1.03. The van der Waals surface area contributed by atoms with Crippen LogP contribution in [0, 0.1) is 6.92 Å². The van der Waals surface area contributed by atoms with E-state index in [1.165, 1.54) is 5.56 Å². The molecule has 1 aromatic heterocycles. The molecule has 3 heteroatoms. The number of amides is 1. The van der Waals surface area contributed by atoms with Crippen molar-refractivity contribution < 1.29 is 4.79 Å². The first-order valence-corrected chi connectivity index (χ1v) is 8.28. The highest BCUT2D eigenvalue weighted by molar-refractivity contribution is 6.06. The van der Waals surface area contributed by atoms with Gasteiger partial charge < -0.3 is 4.90 Å². The molecule has 1 heterocycles. The number of benzene rings is 2. The van der Waals surface area contributed by atoms with E-state index in [1.54, 1.807) is 4.90 Å². The van der Waals surface area contributed by atoms with Gasteiger partial charge in [-0.15, -0.1) is 0 Å². The molecule has 0 aliphatic rings. The molecule has 0 fully saturated rings. The number of rotatable bonds is 4. The maximum absolute atomic E-state index is 12.9. The van der Waals surface area contributed by atoms with E-state index in [-0.39, 0.29) is 5.91 Å². The van der Waals surface area contributed by atoms with Crippen molar-refractivity contribution in [2.75, 3.05) is 7.05 Å². The predicted molar refractivity (Wildman–Crippen MR) is 98.1 cm³/mol. The van der Waals surface area contributed by atoms with Crippen molar-refractivity contribution in [3.63, 3.8) is 0 Å². The normalized spacial score (nSPS) is 10.8. The number of fused-ring (bicyclic) bond motifs is 1. The Hall–Kier alpha value is -2.68. The number of carbonyl (C=O) groups is 1. The fraction of sp³-hybridized carbons (Fsp3) is 0.238. The second-order valence-electron chi connectivity index (χ2n) is 6.16. The lowest BCUT2D eigenvalue weighted by atomic mass is 10.1. The monoisotopic (exact) mass is 318 g/mol. The van der Waals surface area contributed by atoms with Crippen molar-refractivity contribution in [1.29, 1.82) is 0 Å². The molecule has 0 N–H and O–H groups in total. The molecule has 0 saturated carbocycles. The van der Waals surface area contributed by atoms with Gasteiger partial charge in [-0.05, 0) is 36.6 Å². The van der Waals surface area contributed by atoms with Gasteiger partial charge in [0.1, 0.15) is 0 Å². The van der Waals surface area contributed by atoms with Gasteiger partial charge in [-0.2, -0.15) is 0 Å². The van der Waals surface area contributed by atoms with Crippen LogP contribution in [0.1, 0.15) is 34.1 Å². The molecule has 0 saturated heterocycles. The van der Waals surface area contributed by atoms with Crippen LogP contribution < -0.4 is 0 Å². The van der Waals surface area contributed by atoms with Gasteiger partial charge in [-0.25, -0.2) is 0 Å². The number of hydrogen-bond donors (Lipinski definition) is 0. The van der Waals surface area contributed by atoms with Crippen LogP contribution in [0.4, 0.5) is 0 Å². The van der Waals surface area contributed by atoms with Crippen LogP contribution in [-0.4, -0.2) is 22.8 Å². The average Bonchev–Trinajstić information content (AvgIpc) is 2.61. The molecule has 24 heavy (non-hydrogen) atoms. The zero-order valence-electron chi connectivity index (χ0n) is 14.4. The van der Waals surface area contributed by atoms with Crippen LogP contribution in [0.5, 0.6) is 0 Å². The lowest BCUT2D eigenvalue weighted by Crippen LogP contribution is -2.26. The van der Waals surface area contributed by atoms with Crippen molar-refractivity contribution in [2.24, 2.45) is 0 Å². The fourth-order valence-electron chi connectivity index (χ4n) is 2.92. The van der Waals surface area contributed by atoms with Crippen molar-refractivity contribution in [3.05, 3.63) is 77.0 Å². The minimum absolute atomic E-state index is 0.0243. The highest BCUT2D eigenvalue weighted by Crippen LogP contribution is 2.20. The molecule has 1 amide bonds. The number of hydrogen-bond acceptors (Lipinski definition) is 2. The van der Waals surface area contributed by atoms with E-state index in [0.29, 0.717) is 12.1 Å². The Labute approximate surface area is 143 Å². The van der Waals surface area contributed by atoms with E-state index >= 15 is 0 Å². The van der Waals surface area contributed by atoms with Crippen LogP contribution in [0.3, 0.4) is 0 Å². The minimum Gasteiger partial charge on any atom is -0.337 e. The van der Waals surface area contributed by atoms with Crippen LogP contribution >= 0.6 is 0 Å². The molecule has 0 aliphatic heterocycles. The van der Waals surface area contributed by atoms with Crippen molar-refractivity contribution in [1.82, 2.24) is 9.88 Å². The van der Waals surface area contributed by atoms with Crippen LogP contribution in [0.2, 0.25) is 0 Å². The number of aryl methyl sites for hydroxylation is 2. The molecule has 3 nitrogen and oxygen atoms in total. The highest BCUT2D eigenvalue weighted by Gasteiger charge is 2.16. The largest absolute Gasteiger partial charge is 0.337 e.